The van der Waals surface area contributed by atoms with Crippen molar-refractivity contribution in [1.29, 1.82) is 0 Å². The quantitative estimate of drug-likeness (QED) is 0.0164. The fourth-order valence-electron chi connectivity index (χ4n) is 6.63. The molecule has 0 heterocycles. The molecule has 0 bridgehead atoms. The van der Waals surface area contributed by atoms with Crippen molar-refractivity contribution in [2.24, 2.45) is 5.41 Å². The molecule has 0 amide bonds. The van der Waals surface area contributed by atoms with Crippen molar-refractivity contribution < 1.29 is 105 Å². The number of aliphatic hydroxyl groups excluding tert-OH is 6. The maximum absolute atomic E-state index is 12.3. The van der Waals surface area contributed by atoms with Gasteiger partial charge in [0, 0.05) is 51.0 Å². The first kappa shape index (κ1) is 76.5. The smallest absolute Gasteiger partial charge is 0.327 e. The second kappa shape index (κ2) is 44.2. The molecule has 0 aliphatic heterocycles. The Morgan fingerprint density at radius 3 is 1.45 bits per heavy atom. The number of hydrogen-bond acceptors (Lipinski definition) is 19. The summed E-state index contributed by atoms with van der Waals surface area (Å²) in [6, 6.07) is 0. The van der Waals surface area contributed by atoms with E-state index in [0.29, 0.717) is 88.4 Å². The van der Waals surface area contributed by atoms with E-state index in [1.54, 1.807) is 0 Å². The van der Waals surface area contributed by atoms with Crippen LogP contribution in [0, 0.1) is 5.41 Å². The van der Waals surface area contributed by atoms with Crippen LogP contribution >= 0.6 is 15.4 Å². The number of carbonyl (C=O) groups is 3. The molecule has 74 heavy (non-hydrogen) atoms. The molecule has 5 unspecified atom stereocenters. The molecule has 22 nitrogen and oxygen atoms in total. The van der Waals surface area contributed by atoms with Crippen LogP contribution in [0.25, 0.3) is 0 Å². The first-order chi connectivity index (χ1) is 34.5. The average Bonchev–Trinajstić information content (AvgIpc) is 3.31. The van der Waals surface area contributed by atoms with Crippen molar-refractivity contribution >= 4 is 33.3 Å². The largest absolute Gasteiger partial charge is 0.756 e. The Morgan fingerprint density at radius 2 is 1.00 bits per heavy atom. The predicted octanol–water partition coefficient (Wildman–Crippen LogP) is 4.17. The maximum atomic E-state index is 12.3. The number of esters is 3. The van der Waals surface area contributed by atoms with Crippen molar-refractivity contribution in [3.8, 4) is 0 Å². The number of aliphatic hydroxyl groups is 6. The highest BCUT2D eigenvalue weighted by atomic mass is 31.2. The van der Waals surface area contributed by atoms with E-state index in [1.807, 2.05) is 28.1 Å². The molecule has 444 valence electrons. The van der Waals surface area contributed by atoms with Crippen molar-refractivity contribution in [3.63, 3.8) is 0 Å². The van der Waals surface area contributed by atoms with Crippen molar-refractivity contribution in [1.82, 2.24) is 0 Å². The monoisotopic (exact) mass is 1120 g/mol. The highest BCUT2D eigenvalue weighted by Crippen LogP contribution is 2.44. The van der Waals surface area contributed by atoms with Gasteiger partial charge in [-0.05, 0) is 64.2 Å². The SMILES string of the molecule is CCC(CCOC(=O)CCCCCO)(CCOC(=O)CCCCCOP(=O)([O-])OCC[N+](C)(C)C)COC(=O)CCCCCO.CCCC[N+](C)(C)CC(O)CO.C[N+](C)(C)CCCOP(C)(=O)OCC(O)CO. The number of hydrogen-bond donors (Lipinski definition) is 6. The number of ether oxygens (including phenoxy) is 3. The summed E-state index contributed by atoms with van der Waals surface area (Å²) in [5.74, 6) is -1.04. The van der Waals surface area contributed by atoms with Gasteiger partial charge in [0.05, 0.1) is 122 Å². The highest BCUT2D eigenvalue weighted by molar-refractivity contribution is 7.52. The van der Waals surface area contributed by atoms with Crippen molar-refractivity contribution in [2.75, 3.05) is 162 Å². The topological polar surface area (TPSA) is 294 Å². The Hall–Kier alpha value is -1.69. The van der Waals surface area contributed by atoms with Gasteiger partial charge in [-0.25, -0.2) is 0 Å². The Morgan fingerprint density at radius 1 is 0.541 bits per heavy atom. The van der Waals surface area contributed by atoms with Crippen molar-refractivity contribution in [2.45, 2.75) is 142 Å². The zero-order chi connectivity index (χ0) is 57.2. The lowest BCUT2D eigenvalue weighted by Gasteiger charge is -2.32. The van der Waals surface area contributed by atoms with Gasteiger partial charge in [0.2, 0.25) is 0 Å². The first-order valence-electron chi connectivity index (χ1n) is 26.6. The normalized spacial score (nSPS) is 15.2. The van der Waals surface area contributed by atoms with Crippen LogP contribution in [0.2, 0.25) is 0 Å². The van der Waals surface area contributed by atoms with E-state index in [4.69, 9.17) is 57.8 Å². The average molecular weight is 1120 g/mol. The molecule has 0 aromatic heterocycles. The van der Waals surface area contributed by atoms with Crippen LogP contribution in [0.1, 0.15) is 129 Å². The summed E-state index contributed by atoms with van der Waals surface area (Å²) in [7, 11) is 8.68. The van der Waals surface area contributed by atoms with Crippen LogP contribution in [0.3, 0.4) is 0 Å². The number of likely N-dealkylation sites (N-methyl/N-ethyl adjacent to an activating group) is 2. The lowest BCUT2D eigenvalue weighted by molar-refractivity contribution is -0.893. The summed E-state index contributed by atoms with van der Waals surface area (Å²) >= 11 is 0. The molecule has 0 spiro atoms. The maximum Gasteiger partial charge on any atom is 0.327 e. The Labute approximate surface area is 445 Å². The van der Waals surface area contributed by atoms with Gasteiger partial charge in [-0.15, -0.1) is 0 Å². The fourth-order valence-corrected chi connectivity index (χ4v) is 8.34. The standard InChI is InChI=1S/C31H60NO12P.C10H25NO5P.C9H22NO2/c1-5-31(27-42-30(37)17-10-7-13-22-34,18-24-40-28(35)15-9-6-12-21-33)19-25-41-29(36)16-11-8-14-23-43-45(38,39)44-26-20-32(2,3)4;1-11(2,3)6-5-7-15-17(4,14)16-9-10(13)8-12;1-4-5-6-10(2,3)7-9(12)8-11/h33-34H,5-27H2,1-4H3;10,12-13H,5-9H2,1-4H3;9,11-12H,4-8H2,1-3H3/q;2*+1. The number of nitrogens with zero attached hydrogens (tertiary/aromatic N) is 3. The van der Waals surface area contributed by atoms with Gasteiger partial charge in [-0.3, -0.25) is 23.5 Å². The summed E-state index contributed by atoms with van der Waals surface area (Å²) in [6.07, 6.45) is 9.24. The molecule has 0 aliphatic carbocycles. The van der Waals surface area contributed by atoms with Gasteiger partial charge < -0.3 is 81.3 Å². The molecule has 6 N–H and O–H groups in total. The van der Waals surface area contributed by atoms with Crippen LogP contribution in [0.4, 0.5) is 0 Å². The van der Waals surface area contributed by atoms with Crippen LogP contribution in [-0.2, 0) is 55.8 Å². The van der Waals surface area contributed by atoms with Gasteiger partial charge in [0.1, 0.15) is 31.9 Å². The summed E-state index contributed by atoms with van der Waals surface area (Å²) < 4.78 is 62.0. The first-order valence-corrected chi connectivity index (χ1v) is 30.1. The molecule has 24 heteroatoms. The van der Waals surface area contributed by atoms with E-state index < -0.39 is 39.6 Å². The lowest BCUT2D eigenvalue weighted by atomic mass is 9.80. The number of unbranched alkanes of at least 4 members (excludes halogenated alkanes) is 7. The van der Waals surface area contributed by atoms with Gasteiger partial charge in [-0.2, -0.15) is 0 Å². The minimum Gasteiger partial charge on any atom is -0.756 e. The van der Waals surface area contributed by atoms with Crippen LogP contribution < -0.4 is 4.89 Å². The summed E-state index contributed by atoms with van der Waals surface area (Å²) in [5.41, 5.74) is -0.546. The third kappa shape index (κ3) is 52.4. The fraction of sp³-hybridized carbons (Fsp3) is 0.940. The molecule has 0 fully saturated rings. The van der Waals surface area contributed by atoms with E-state index >= 15 is 0 Å². The molecule has 0 aromatic rings. The second-order valence-corrected chi connectivity index (χ2v) is 25.1. The molecule has 0 saturated carbocycles. The Bertz CT molecular complexity index is 1500. The summed E-state index contributed by atoms with van der Waals surface area (Å²) in [5, 5.41) is 53.3. The van der Waals surface area contributed by atoms with Gasteiger partial charge in [-0.1, -0.05) is 39.5 Å². The molecular weight excluding hydrogens is 1010 g/mol. The lowest BCUT2D eigenvalue weighted by Crippen LogP contribution is -2.46. The molecule has 5 atom stereocenters. The number of quaternary nitrogens is 3. The summed E-state index contributed by atoms with van der Waals surface area (Å²) in [4.78, 5) is 48.6. The molecule has 0 aromatic carbocycles. The second-order valence-electron chi connectivity index (χ2n) is 21.6. The third-order valence-electron chi connectivity index (χ3n) is 11.5. The van der Waals surface area contributed by atoms with E-state index in [9.17, 15) is 33.5 Å². The van der Waals surface area contributed by atoms with Crippen LogP contribution in [0.5, 0.6) is 0 Å². The highest BCUT2D eigenvalue weighted by Gasteiger charge is 2.31. The predicted molar refractivity (Wildman–Crippen MR) is 283 cm³/mol. The van der Waals surface area contributed by atoms with Crippen molar-refractivity contribution in [3.05, 3.63) is 0 Å². The third-order valence-corrected chi connectivity index (χ3v) is 13.8. The van der Waals surface area contributed by atoms with E-state index in [2.05, 4.69) is 42.2 Å². The molecule has 0 aliphatic rings. The molecule has 0 radical (unpaired) electrons. The molecule has 0 rings (SSSR count). The van der Waals surface area contributed by atoms with Gasteiger partial charge in [0.15, 0.2) is 0 Å². The number of carbonyl (C=O) groups excluding carboxylic acids is 3. The van der Waals surface area contributed by atoms with Crippen LogP contribution in [0.15, 0.2) is 0 Å². The van der Waals surface area contributed by atoms with Gasteiger partial charge >= 0.3 is 25.5 Å². The molecular formula is C50H107N3O19P2+2. The molecule has 0 saturated heterocycles. The zero-order valence-corrected chi connectivity index (χ0v) is 49.5. The van der Waals surface area contributed by atoms with E-state index in [-0.39, 0.29) is 96.6 Å². The van der Waals surface area contributed by atoms with E-state index in [1.165, 1.54) is 19.5 Å². The Kier molecular flexibility index (Phi) is 45.7. The van der Waals surface area contributed by atoms with Crippen LogP contribution in [-0.4, -0.2) is 236 Å². The number of phosphoric ester groups is 1. The van der Waals surface area contributed by atoms with E-state index in [0.717, 1.165) is 41.3 Å². The minimum atomic E-state index is -4.35. The number of rotatable bonds is 45. The zero-order valence-electron chi connectivity index (χ0n) is 47.7. The minimum absolute atomic E-state index is 0.0212. The summed E-state index contributed by atoms with van der Waals surface area (Å²) in [6.45, 7) is 8.80. The Balaban J connectivity index is -0.00000140. The van der Waals surface area contributed by atoms with Gasteiger partial charge in [0.25, 0.3) is 7.82 Å². The number of phosphoric acid groups is 1.